The molecule has 4 N–H and O–H groups in total. The molecule has 2 saturated carbocycles. The molecule has 0 aliphatic heterocycles. The van der Waals surface area contributed by atoms with Crippen LogP contribution in [0, 0.1) is 0 Å². The van der Waals surface area contributed by atoms with Crippen molar-refractivity contribution in [3.05, 3.63) is 71.8 Å². The van der Waals surface area contributed by atoms with Crippen molar-refractivity contribution in [1.82, 2.24) is 5.32 Å². The largest absolute Gasteiger partial charge is 0.481 e. The van der Waals surface area contributed by atoms with Crippen molar-refractivity contribution in [2.24, 2.45) is 5.73 Å². The van der Waals surface area contributed by atoms with E-state index in [0.717, 1.165) is 51.4 Å². The van der Waals surface area contributed by atoms with Crippen molar-refractivity contribution in [1.29, 1.82) is 0 Å². The molecule has 0 bridgehead atoms. The quantitative estimate of drug-likeness (QED) is 0.151. The lowest BCUT2D eigenvalue weighted by molar-refractivity contribution is -0.137. The van der Waals surface area contributed by atoms with Gasteiger partial charge >= 0.3 is 5.97 Å². The third kappa shape index (κ3) is 19.2. The number of halogens is 4. The number of carbonyl (C=O) groups is 2. The number of hydrogen-bond acceptors (Lipinski definition) is 3. The van der Waals surface area contributed by atoms with E-state index in [-0.39, 0.29) is 43.7 Å². The Morgan fingerprint density at radius 2 is 1.09 bits per heavy atom. The highest BCUT2D eigenvalue weighted by Crippen LogP contribution is 2.33. The van der Waals surface area contributed by atoms with Crippen LogP contribution in [0.1, 0.15) is 114 Å². The number of carboxylic acids is 1. The number of carboxylic acid groups (broad SMARTS) is 1. The Labute approximate surface area is 266 Å². The Bertz CT molecular complexity index is 1070. The summed E-state index contributed by atoms with van der Waals surface area (Å²) in [7, 11) is 0. The SMILES string of the molecule is NC1CCC(F)(F)CC1.O=C(CCCCCc1ccccc1)NC1CCC(F)(F)CC1.O=C(O)CCCCCc1ccccc1. The Kier molecular flexibility index (Phi) is 17.8. The molecule has 2 aromatic carbocycles. The van der Waals surface area contributed by atoms with Gasteiger partial charge in [0, 0.05) is 50.6 Å². The van der Waals surface area contributed by atoms with Crippen molar-refractivity contribution < 1.29 is 32.3 Å². The molecule has 1 amide bonds. The number of aliphatic carboxylic acids is 1. The van der Waals surface area contributed by atoms with Crippen molar-refractivity contribution in [3.63, 3.8) is 0 Å². The topological polar surface area (TPSA) is 92.4 Å². The van der Waals surface area contributed by atoms with Gasteiger partial charge in [0.25, 0.3) is 0 Å². The molecule has 2 aliphatic rings. The second-order valence-corrected chi connectivity index (χ2v) is 12.4. The summed E-state index contributed by atoms with van der Waals surface area (Å²) in [4.78, 5) is 22.0. The molecular formula is C36H52F4N2O3. The molecule has 5 nitrogen and oxygen atoms in total. The molecule has 2 aliphatic carbocycles. The van der Waals surface area contributed by atoms with Gasteiger partial charge in [0.15, 0.2) is 0 Å². The average Bonchev–Trinajstić information content (AvgIpc) is 3.01. The summed E-state index contributed by atoms with van der Waals surface area (Å²) in [5.74, 6) is -5.63. The molecule has 0 saturated heterocycles. The normalized spacial score (nSPS) is 17.6. The van der Waals surface area contributed by atoms with Gasteiger partial charge in [0.2, 0.25) is 17.8 Å². The zero-order chi connectivity index (χ0) is 33.0. The van der Waals surface area contributed by atoms with Crippen LogP contribution in [0.3, 0.4) is 0 Å². The van der Waals surface area contributed by atoms with E-state index in [9.17, 15) is 27.2 Å². The highest BCUT2D eigenvalue weighted by Gasteiger charge is 2.35. The van der Waals surface area contributed by atoms with Gasteiger partial charge in [-0.05, 0) is 75.3 Å². The summed E-state index contributed by atoms with van der Waals surface area (Å²) in [6, 6.07) is 20.6. The van der Waals surface area contributed by atoms with E-state index in [1.165, 1.54) is 11.1 Å². The Morgan fingerprint density at radius 3 is 1.51 bits per heavy atom. The molecule has 0 spiro atoms. The van der Waals surface area contributed by atoms with Gasteiger partial charge < -0.3 is 16.2 Å². The number of benzene rings is 2. The fourth-order valence-electron chi connectivity index (χ4n) is 5.41. The van der Waals surface area contributed by atoms with Crippen LogP contribution in [0.5, 0.6) is 0 Å². The van der Waals surface area contributed by atoms with Gasteiger partial charge in [0.1, 0.15) is 0 Å². The fourth-order valence-corrected chi connectivity index (χ4v) is 5.41. The van der Waals surface area contributed by atoms with E-state index in [4.69, 9.17) is 10.8 Å². The molecule has 252 valence electrons. The van der Waals surface area contributed by atoms with Gasteiger partial charge in [-0.25, -0.2) is 17.6 Å². The number of nitrogens with two attached hydrogens (primary N) is 1. The number of hydrogen-bond donors (Lipinski definition) is 3. The van der Waals surface area contributed by atoms with E-state index >= 15 is 0 Å². The van der Waals surface area contributed by atoms with E-state index < -0.39 is 17.8 Å². The van der Waals surface area contributed by atoms with Gasteiger partial charge in [-0.2, -0.15) is 0 Å². The molecule has 0 radical (unpaired) electrons. The monoisotopic (exact) mass is 636 g/mol. The van der Waals surface area contributed by atoms with Crippen LogP contribution >= 0.6 is 0 Å². The zero-order valence-electron chi connectivity index (χ0n) is 26.5. The van der Waals surface area contributed by atoms with Crippen molar-refractivity contribution in [3.8, 4) is 0 Å². The summed E-state index contributed by atoms with van der Waals surface area (Å²) in [5, 5.41) is 11.3. The fraction of sp³-hybridized carbons (Fsp3) is 0.611. The Morgan fingerprint density at radius 1 is 0.667 bits per heavy atom. The van der Waals surface area contributed by atoms with E-state index in [2.05, 4.69) is 29.6 Å². The number of carbonyl (C=O) groups excluding carboxylic acids is 1. The molecule has 45 heavy (non-hydrogen) atoms. The predicted octanol–water partition coefficient (Wildman–Crippen LogP) is 8.88. The molecule has 0 atom stereocenters. The lowest BCUT2D eigenvalue weighted by Crippen LogP contribution is -2.40. The minimum absolute atomic E-state index is 0.00919. The van der Waals surface area contributed by atoms with Gasteiger partial charge in [-0.15, -0.1) is 0 Å². The van der Waals surface area contributed by atoms with Crippen LogP contribution in [-0.4, -0.2) is 40.9 Å². The smallest absolute Gasteiger partial charge is 0.303 e. The van der Waals surface area contributed by atoms with Crippen LogP contribution in [-0.2, 0) is 22.4 Å². The summed E-state index contributed by atoms with van der Waals surface area (Å²) < 4.78 is 50.7. The molecule has 4 rings (SSSR count). The summed E-state index contributed by atoms with van der Waals surface area (Å²) in [6.45, 7) is 0. The molecule has 0 heterocycles. The summed E-state index contributed by atoms with van der Waals surface area (Å²) in [6.07, 6.45) is 10.2. The van der Waals surface area contributed by atoms with Crippen LogP contribution in [0.15, 0.2) is 60.7 Å². The van der Waals surface area contributed by atoms with Crippen molar-refractivity contribution in [2.45, 2.75) is 140 Å². The van der Waals surface area contributed by atoms with Crippen LogP contribution in [0.4, 0.5) is 17.6 Å². The predicted molar refractivity (Wildman–Crippen MR) is 172 cm³/mol. The lowest BCUT2D eigenvalue weighted by atomic mass is 9.92. The summed E-state index contributed by atoms with van der Waals surface area (Å²) in [5.41, 5.74) is 8.09. The maximum atomic E-state index is 13.0. The first-order valence-electron chi connectivity index (χ1n) is 16.5. The Hall–Kier alpha value is -2.94. The standard InChI is InChI=1S/C18H25F2NO.C12H16O2.C6H11F2N/c19-18(20)13-11-16(12-14-18)21-17(22)10-6-2-5-9-15-7-3-1-4-8-15;13-12(14)10-6-2-5-9-11-7-3-1-4-8-11;7-6(8)3-1-5(9)2-4-6/h1,3-4,7-8,16H,2,5-6,9-14H2,(H,21,22);1,3-4,7-8H,2,5-6,9-10H2,(H,13,14);5H,1-4,9H2. The lowest BCUT2D eigenvalue weighted by Gasteiger charge is -2.28. The number of rotatable bonds is 13. The molecule has 2 aromatic rings. The molecular weight excluding hydrogens is 584 g/mol. The first-order valence-corrected chi connectivity index (χ1v) is 16.5. The van der Waals surface area contributed by atoms with Crippen molar-refractivity contribution >= 4 is 11.9 Å². The van der Waals surface area contributed by atoms with Crippen LogP contribution in [0.25, 0.3) is 0 Å². The van der Waals surface area contributed by atoms with E-state index in [1.54, 1.807) is 0 Å². The molecule has 0 unspecified atom stereocenters. The third-order valence-electron chi connectivity index (χ3n) is 8.26. The second-order valence-electron chi connectivity index (χ2n) is 12.4. The van der Waals surface area contributed by atoms with E-state index in [0.29, 0.717) is 38.5 Å². The zero-order valence-corrected chi connectivity index (χ0v) is 26.5. The number of amides is 1. The van der Waals surface area contributed by atoms with Gasteiger partial charge in [-0.1, -0.05) is 73.5 Å². The highest BCUT2D eigenvalue weighted by molar-refractivity contribution is 5.76. The molecule has 2 fully saturated rings. The van der Waals surface area contributed by atoms with Crippen LogP contribution < -0.4 is 11.1 Å². The van der Waals surface area contributed by atoms with Crippen molar-refractivity contribution in [2.75, 3.05) is 0 Å². The third-order valence-corrected chi connectivity index (χ3v) is 8.26. The maximum Gasteiger partial charge on any atom is 0.303 e. The first-order chi connectivity index (χ1) is 21.4. The first kappa shape index (κ1) is 38.2. The van der Waals surface area contributed by atoms with Crippen LogP contribution in [0.2, 0.25) is 0 Å². The molecule has 0 aromatic heterocycles. The van der Waals surface area contributed by atoms with Gasteiger partial charge in [0.05, 0.1) is 0 Å². The highest BCUT2D eigenvalue weighted by atomic mass is 19.3. The number of nitrogens with one attached hydrogen (secondary N) is 1. The molecule has 9 heteroatoms. The number of unbranched alkanes of at least 4 members (excludes halogenated alkanes) is 4. The number of aryl methyl sites for hydroxylation is 2. The maximum absolute atomic E-state index is 13.0. The number of alkyl halides is 4. The summed E-state index contributed by atoms with van der Waals surface area (Å²) >= 11 is 0. The minimum atomic E-state index is -2.53. The van der Waals surface area contributed by atoms with Gasteiger partial charge in [-0.3, -0.25) is 9.59 Å². The average molecular weight is 637 g/mol. The Balaban J connectivity index is 0.000000261. The second kappa shape index (κ2) is 21.0. The minimum Gasteiger partial charge on any atom is -0.481 e. The van der Waals surface area contributed by atoms with E-state index in [1.807, 2.05) is 36.4 Å².